The molecule has 6 heteroatoms. The first-order valence-corrected chi connectivity index (χ1v) is 7.91. The molecule has 0 spiro atoms. The van der Waals surface area contributed by atoms with Crippen LogP contribution in [0.2, 0.25) is 0 Å². The van der Waals surface area contributed by atoms with Crippen molar-refractivity contribution in [3.8, 4) is 17.2 Å². The van der Waals surface area contributed by atoms with E-state index in [1.54, 1.807) is 18.0 Å². The zero-order chi connectivity index (χ0) is 17.5. The van der Waals surface area contributed by atoms with Gasteiger partial charge in [-0.05, 0) is 54.6 Å². The molecule has 0 aliphatic rings. The first-order chi connectivity index (χ1) is 12.2. The highest BCUT2D eigenvalue weighted by molar-refractivity contribution is 5.90. The molecule has 3 aromatic rings. The summed E-state index contributed by atoms with van der Waals surface area (Å²) in [7, 11) is 1.61. The van der Waals surface area contributed by atoms with Gasteiger partial charge in [0.05, 0.1) is 25.8 Å². The smallest absolute Gasteiger partial charge is 0.227 e. The summed E-state index contributed by atoms with van der Waals surface area (Å²) in [6, 6.07) is 16.6. The summed E-state index contributed by atoms with van der Waals surface area (Å²) in [6.07, 6.45) is 3.86. The molecular weight excluding hydrogens is 318 g/mol. The second kappa shape index (κ2) is 8.01. The Labute approximate surface area is 146 Å². The quantitative estimate of drug-likeness (QED) is 0.718. The van der Waals surface area contributed by atoms with E-state index in [1.165, 1.54) is 0 Å². The molecule has 0 unspecified atom stereocenters. The summed E-state index contributed by atoms with van der Waals surface area (Å²) in [5.41, 5.74) is 1.68. The molecule has 0 aliphatic carbocycles. The highest BCUT2D eigenvalue weighted by atomic mass is 16.5. The zero-order valence-electron chi connectivity index (χ0n) is 13.9. The van der Waals surface area contributed by atoms with Crippen molar-refractivity contribution in [1.29, 1.82) is 0 Å². The molecule has 0 aliphatic heterocycles. The van der Waals surface area contributed by atoms with E-state index in [0.29, 0.717) is 12.4 Å². The Morgan fingerprint density at radius 2 is 1.80 bits per heavy atom. The van der Waals surface area contributed by atoms with Crippen LogP contribution in [0.4, 0.5) is 5.69 Å². The van der Waals surface area contributed by atoms with Crippen molar-refractivity contribution in [3.05, 3.63) is 67.0 Å². The molecule has 1 aromatic heterocycles. The van der Waals surface area contributed by atoms with Crippen molar-refractivity contribution in [1.82, 2.24) is 9.78 Å². The van der Waals surface area contributed by atoms with Gasteiger partial charge in [0.1, 0.15) is 11.5 Å². The average molecular weight is 337 g/mol. The molecule has 0 saturated carbocycles. The van der Waals surface area contributed by atoms with E-state index >= 15 is 0 Å². The van der Waals surface area contributed by atoms with Gasteiger partial charge in [-0.2, -0.15) is 5.10 Å². The first-order valence-electron chi connectivity index (χ1n) is 7.91. The molecule has 0 fully saturated rings. The van der Waals surface area contributed by atoms with E-state index in [0.717, 1.165) is 17.1 Å². The number of ether oxygens (including phenoxy) is 2. The van der Waals surface area contributed by atoms with Crippen LogP contribution in [0.5, 0.6) is 11.5 Å². The Kier molecular flexibility index (Phi) is 5.31. The van der Waals surface area contributed by atoms with Gasteiger partial charge in [0, 0.05) is 18.1 Å². The van der Waals surface area contributed by atoms with Gasteiger partial charge in [-0.15, -0.1) is 0 Å². The molecule has 25 heavy (non-hydrogen) atoms. The fourth-order valence-electron chi connectivity index (χ4n) is 2.28. The summed E-state index contributed by atoms with van der Waals surface area (Å²) < 4.78 is 12.4. The van der Waals surface area contributed by atoms with Crippen molar-refractivity contribution in [3.63, 3.8) is 0 Å². The highest BCUT2D eigenvalue weighted by Gasteiger charge is 2.04. The van der Waals surface area contributed by atoms with E-state index in [1.807, 2.05) is 60.8 Å². The fraction of sp³-hybridized carbons (Fsp3) is 0.158. The van der Waals surface area contributed by atoms with Crippen LogP contribution in [0.3, 0.4) is 0 Å². The Bertz CT molecular complexity index is 797. The topological polar surface area (TPSA) is 65.4 Å². The van der Waals surface area contributed by atoms with Crippen LogP contribution in [-0.4, -0.2) is 29.4 Å². The Morgan fingerprint density at radius 3 is 2.44 bits per heavy atom. The standard InChI is InChI=1S/C19H19N3O3/c1-24-17-7-9-18(10-8-17)25-14-11-19(23)21-15-3-5-16(6-4-15)22-13-2-12-20-22/h2-10,12-13H,11,14H2,1H3,(H,21,23). The molecule has 0 bridgehead atoms. The number of carbonyl (C=O) groups is 1. The van der Waals surface area contributed by atoms with Gasteiger partial charge in [0.2, 0.25) is 5.91 Å². The number of nitrogens with one attached hydrogen (secondary N) is 1. The van der Waals surface area contributed by atoms with Crippen LogP contribution in [0.1, 0.15) is 6.42 Å². The van der Waals surface area contributed by atoms with E-state index in [9.17, 15) is 4.79 Å². The van der Waals surface area contributed by atoms with E-state index < -0.39 is 0 Å². The monoisotopic (exact) mass is 337 g/mol. The van der Waals surface area contributed by atoms with Gasteiger partial charge >= 0.3 is 0 Å². The van der Waals surface area contributed by atoms with Gasteiger partial charge in [0.15, 0.2) is 0 Å². The molecule has 1 heterocycles. The summed E-state index contributed by atoms with van der Waals surface area (Å²) in [6.45, 7) is 0.309. The maximum Gasteiger partial charge on any atom is 0.227 e. The average Bonchev–Trinajstić information content (AvgIpc) is 3.18. The van der Waals surface area contributed by atoms with Crippen LogP contribution in [-0.2, 0) is 4.79 Å². The number of rotatable bonds is 7. The minimum Gasteiger partial charge on any atom is -0.497 e. The number of aromatic nitrogens is 2. The Balaban J connectivity index is 1.45. The number of carbonyl (C=O) groups excluding carboxylic acids is 1. The number of hydrogen-bond acceptors (Lipinski definition) is 4. The third-order valence-corrected chi connectivity index (χ3v) is 3.58. The molecule has 0 saturated heterocycles. The minimum atomic E-state index is -0.0969. The second-order valence-electron chi connectivity index (χ2n) is 5.32. The van der Waals surface area contributed by atoms with Crippen molar-refractivity contribution >= 4 is 11.6 Å². The van der Waals surface area contributed by atoms with Crippen LogP contribution in [0.25, 0.3) is 5.69 Å². The summed E-state index contributed by atoms with van der Waals surface area (Å²) in [5, 5.41) is 7.01. The molecule has 0 radical (unpaired) electrons. The molecule has 3 rings (SSSR count). The molecule has 128 valence electrons. The molecule has 1 amide bonds. The third-order valence-electron chi connectivity index (χ3n) is 3.58. The van der Waals surface area contributed by atoms with Gasteiger partial charge in [-0.25, -0.2) is 4.68 Å². The van der Waals surface area contributed by atoms with E-state index in [2.05, 4.69) is 10.4 Å². The predicted molar refractivity (Wildman–Crippen MR) is 95.3 cm³/mol. The Hall–Kier alpha value is -3.28. The summed E-state index contributed by atoms with van der Waals surface area (Å²) >= 11 is 0. The molecule has 0 atom stereocenters. The zero-order valence-corrected chi connectivity index (χ0v) is 13.9. The lowest BCUT2D eigenvalue weighted by atomic mass is 10.2. The van der Waals surface area contributed by atoms with Crippen molar-refractivity contribution in [2.24, 2.45) is 0 Å². The van der Waals surface area contributed by atoms with Crippen LogP contribution in [0, 0.1) is 0 Å². The minimum absolute atomic E-state index is 0.0969. The van der Waals surface area contributed by atoms with Crippen molar-refractivity contribution < 1.29 is 14.3 Å². The van der Waals surface area contributed by atoms with Crippen LogP contribution in [0.15, 0.2) is 67.0 Å². The molecule has 1 N–H and O–H groups in total. The lowest BCUT2D eigenvalue weighted by Crippen LogP contribution is -2.15. The summed E-state index contributed by atoms with van der Waals surface area (Å²) in [5.74, 6) is 1.38. The normalized spacial score (nSPS) is 10.3. The van der Waals surface area contributed by atoms with Crippen LogP contribution < -0.4 is 14.8 Å². The largest absolute Gasteiger partial charge is 0.497 e. The molecular formula is C19H19N3O3. The highest BCUT2D eigenvalue weighted by Crippen LogP contribution is 2.17. The second-order valence-corrected chi connectivity index (χ2v) is 5.32. The van der Waals surface area contributed by atoms with Crippen LogP contribution >= 0.6 is 0 Å². The third kappa shape index (κ3) is 4.60. The first kappa shape index (κ1) is 16.6. The number of benzene rings is 2. The molecule has 2 aromatic carbocycles. The van der Waals surface area contributed by atoms with Crippen molar-refractivity contribution in [2.45, 2.75) is 6.42 Å². The maximum atomic E-state index is 12.0. The van der Waals surface area contributed by atoms with Gasteiger partial charge in [-0.1, -0.05) is 0 Å². The van der Waals surface area contributed by atoms with E-state index in [-0.39, 0.29) is 12.3 Å². The molecule has 6 nitrogen and oxygen atoms in total. The van der Waals surface area contributed by atoms with Gasteiger partial charge < -0.3 is 14.8 Å². The number of amides is 1. The van der Waals surface area contributed by atoms with E-state index in [4.69, 9.17) is 9.47 Å². The lowest BCUT2D eigenvalue weighted by Gasteiger charge is -2.08. The summed E-state index contributed by atoms with van der Waals surface area (Å²) in [4.78, 5) is 12.0. The number of methoxy groups -OCH3 is 1. The number of anilines is 1. The Morgan fingerprint density at radius 1 is 1.08 bits per heavy atom. The van der Waals surface area contributed by atoms with Gasteiger partial charge in [0.25, 0.3) is 0 Å². The number of nitrogens with zero attached hydrogens (tertiary/aromatic N) is 2. The van der Waals surface area contributed by atoms with Crippen molar-refractivity contribution in [2.75, 3.05) is 19.0 Å². The lowest BCUT2D eigenvalue weighted by molar-refractivity contribution is -0.116. The van der Waals surface area contributed by atoms with Gasteiger partial charge in [-0.3, -0.25) is 4.79 Å². The number of hydrogen-bond donors (Lipinski definition) is 1. The maximum absolute atomic E-state index is 12.0. The fourth-order valence-corrected chi connectivity index (χ4v) is 2.28. The SMILES string of the molecule is COc1ccc(OCCC(=O)Nc2ccc(-n3cccn3)cc2)cc1. The predicted octanol–water partition coefficient (Wildman–Crippen LogP) is 3.29.